The molecule has 0 radical (unpaired) electrons. The van der Waals surface area contributed by atoms with Crippen LogP contribution in [0.4, 0.5) is 0 Å². The summed E-state index contributed by atoms with van der Waals surface area (Å²) >= 11 is 0. The van der Waals surface area contributed by atoms with Crippen LogP contribution in [0.2, 0.25) is 0 Å². The summed E-state index contributed by atoms with van der Waals surface area (Å²) in [6.45, 7) is 3.10. The van der Waals surface area contributed by atoms with Gasteiger partial charge in [0.05, 0.1) is 13.2 Å². The highest BCUT2D eigenvalue weighted by atomic mass is 16.5. The molecule has 3 N–H and O–H groups in total. The van der Waals surface area contributed by atoms with Gasteiger partial charge < -0.3 is 15.6 Å². The minimum Gasteiger partial charge on any atom is -0.394 e. The first-order valence-corrected chi connectivity index (χ1v) is 6.28. The van der Waals surface area contributed by atoms with E-state index < -0.39 is 5.60 Å². The smallest absolute Gasteiger partial charge is 0.106 e. The highest BCUT2D eigenvalue weighted by molar-refractivity contribution is 5.37. The molecule has 0 spiro atoms. The first-order valence-electron chi connectivity index (χ1n) is 6.28. The third kappa shape index (κ3) is 2.23. The van der Waals surface area contributed by atoms with Gasteiger partial charge >= 0.3 is 0 Å². The van der Waals surface area contributed by atoms with E-state index in [1.807, 2.05) is 6.07 Å². The van der Waals surface area contributed by atoms with Crippen LogP contribution in [-0.4, -0.2) is 24.9 Å². The Hall–Kier alpha value is -0.900. The fourth-order valence-corrected chi connectivity index (χ4v) is 2.74. The van der Waals surface area contributed by atoms with Gasteiger partial charge in [0.1, 0.15) is 5.60 Å². The van der Waals surface area contributed by atoms with Crippen LogP contribution in [-0.2, 0) is 10.3 Å². The number of hydrogen-bond acceptors (Lipinski definition) is 3. The van der Waals surface area contributed by atoms with E-state index in [9.17, 15) is 0 Å². The molecular weight excluding hydrogens is 214 g/mol. The van der Waals surface area contributed by atoms with E-state index in [0.717, 1.165) is 12.8 Å². The van der Waals surface area contributed by atoms with E-state index >= 15 is 0 Å². The van der Waals surface area contributed by atoms with Crippen molar-refractivity contribution in [2.24, 2.45) is 5.73 Å². The zero-order valence-electron chi connectivity index (χ0n) is 10.4. The van der Waals surface area contributed by atoms with Gasteiger partial charge in [-0.2, -0.15) is 0 Å². The van der Waals surface area contributed by atoms with Gasteiger partial charge in [-0.15, -0.1) is 0 Å². The molecule has 2 rings (SSSR count). The third-order valence-corrected chi connectivity index (χ3v) is 3.76. The SMILES string of the molecule is CC1CCC(CN)(OCCO)c2ccccc21. The van der Waals surface area contributed by atoms with E-state index in [4.69, 9.17) is 15.6 Å². The number of benzene rings is 1. The van der Waals surface area contributed by atoms with E-state index in [0.29, 0.717) is 19.1 Å². The maximum absolute atomic E-state index is 8.94. The predicted octanol–water partition coefficient (Wildman–Crippen LogP) is 1.75. The molecule has 3 nitrogen and oxygen atoms in total. The van der Waals surface area contributed by atoms with E-state index in [1.54, 1.807) is 0 Å². The van der Waals surface area contributed by atoms with Crippen LogP contribution < -0.4 is 5.73 Å². The summed E-state index contributed by atoms with van der Waals surface area (Å²) in [4.78, 5) is 0. The quantitative estimate of drug-likeness (QED) is 0.836. The lowest BCUT2D eigenvalue weighted by atomic mass is 9.74. The van der Waals surface area contributed by atoms with Crippen molar-refractivity contribution in [2.45, 2.75) is 31.3 Å². The monoisotopic (exact) mass is 235 g/mol. The Morgan fingerprint density at radius 3 is 2.94 bits per heavy atom. The fourth-order valence-electron chi connectivity index (χ4n) is 2.74. The molecule has 0 aromatic heterocycles. The number of rotatable bonds is 4. The molecule has 0 fully saturated rings. The van der Waals surface area contributed by atoms with Crippen molar-refractivity contribution in [2.75, 3.05) is 19.8 Å². The van der Waals surface area contributed by atoms with Gasteiger partial charge in [0.2, 0.25) is 0 Å². The van der Waals surface area contributed by atoms with Crippen molar-refractivity contribution in [1.82, 2.24) is 0 Å². The predicted molar refractivity (Wildman–Crippen MR) is 67.9 cm³/mol. The summed E-state index contributed by atoms with van der Waals surface area (Å²) in [5.74, 6) is 0.559. The molecule has 0 bridgehead atoms. The van der Waals surface area contributed by atoms with Gasteiger partial charge in [-0.05, 0) is 29.9 Å². The molecule has 1 aliphatic carbocycles. The molecule has 2 atom stereocenters. The van der Waals surface area contributed by atoms with Crippen LogP contribution in [0.1, 0.15) is 36.8 Å². The fraction of sp³-hybridized carbons (Fsp3) is 0.571. The van der Waals surface area contributed by atoms with Crippen LogP contribution in [0.15, 0.2) is 24.3 Å². The van der Waals surface area contributed by atoms with E-state index in [1.165, 1.54) is 11.1 Å². The van der Waals surface area contributed by atoms with Crippen molar-refractivity contribution in [3.05, 3.63) is 35.4 Å². The molecule has 0 amide bonds. The van der Waals surface area contributed by atoms with Crippen LogP contribution in [0.25, 0.3) is 0 Å². The van der Waals surface area contributed by atoms with E-state index in [-0.39, 0.29) is 6.61 Å². The first kappa shape index (κ1) is 12.6. The zero-order valence-corrected chi connectivity index (χ0v) is 10.4. The minimum absolute atomic E-state index is 0.0411. The number of ether oxygens (including phenoxy) is 1. The molecule has 2 unspecified atom stereocenters. The first-order chi connectivity index (χ1) is 8.23. The van der Waals surface area contributed by atoms with E-state index in [2.05, 4.69) is 25.1 Å². The van der Waals surface area contributed by atoms with Gasteiger partial charge in [0.15, 0.2) is 0 Å². The number of aliphatic hydroxyl groups is 1. The molecule has 0 heterocycles. The number of hydrogen-bond donors (Lipinski definition) is 2. The Morgan fingerprint density at radius 1 is 1.47 bits per heavy atom. The zero-order chi connectivity index (χ0) is 12.3. The van der Waals surface area contributed by atoms with Gasteiger partial charge in [-0.25, -0.2) is 0 Å². The van der Waals surface area contributed by atoms with Gasteiger partial charge in [-0.3, -0.25) is 0 Å². The van der Waals surface area contributed by atoms with Crippen molar-refractivity contribution >= 4 is 0 Å². The Labute approximate surface area is 103 Å². The number of aliphatic hydroxyl groups excluding tert-OH is 1. The number of fused-ring (bicyclic) bond motifs is 1. The Balaban J connectivity index is 2.38. The second-order valence-electron chi connectivity index (χ2n) is 4.80. The minimum atomic E-state index is -0.397. The summed E-state index contributed by atoms with van der Waals surface area (Å²) in [6, 6.07) is 8.36. The molecular formula is C14H21NO2. The van der Waals surface area contributed by atoms with Crippen molar-refractivity contribution < 1.29 is 9.84 Å². The molecule has 0 aliphatic heterocycles. The average Bonchev–Trinajstić information content (AvgIpc) is 2.39. The van der Waals surface area contributed by atoms with Gasteiger partial charge in [0.25, 0.3) is 0 Å². The summed E-state index contributed by atoms with van der Waals surface area (Å²) in [5.41, 5.74) is 8.07. The Kier molecular flexibility index (Phi) is 3.82. The van der Waals surface area contributed by atoms with Crippen LogP contribution >= 0.6 is 0 Å². The highest BCUT2D eigenvalue weighted by Gasteiger charge is 2.38. The summed E-state index contributed by atoms with van der Waals surface area (Å²) < 4.78 is 5.87. The summed E-state index contributed by atoms with van der Waals surface area (Å²) in [6.07, 6.45) is 2.02. The van der Waals surface area contributed by atoms with Crippen LogP contribution in [0.5, 0.6) is 0 Å². The van der Waals surface area contributed by atoms with Crippen molar-refractivity contribution in [3.63, 3.8) is 0 Å². The molecule has 0 saturated heterocycles. The van der Waals surface area contributed by atoms with Crippen LogP contribution in [0.3, 0.4) is 0 Å². The maximum Gasteiger partial charge on any atom is 0.106 e. The van der Waals surface area contributed by atoms with Crippen LogP contribution in [0, 0.1) is 0 Å². The molecule has 0 saturated carbocycles. The Bertz CT molecular complexity index is 380. The van der Waals surface area contributed by atoms with Gasteiger partial charge in [0, 0.05) is 6.54 Å². The van der Waals surface area contributed by atoms with Crippen molar-refractivity contribution in [3.8, 4) is 0 Å². The molecule has 1 aliphatic rings. The number of nitrogens with two attached hydrogens (primary N) is 1. The van der Waals surface area contributed by atoms with Crippen molar-refractivity contribution in [1.29, 1.82) is 0 Å². The highest BCUT2D eigenvalue weighted by Crippen LogP contribution is 2.42. The summed E-state index contributed by atoms with van der Waals surface area (Å²) in [5, 5.41) is 8.94. The molecule has 1 aromatic carbocycles. The second kappa shape index (κ2) is 5.17. The molecule has 17 heavy (non-hydrogen) atoms. The molecule has 94 valence electrons. The largest absolute Gasteiger partial charge is 0.394 e. The third-order valence-electron chi connectivity index (χ3n) is 3.76. The van der Waals surface area contributed by atoms with Gasteiger partial charge in [-0.1, -0.05) is 31.2 Å². The second-order valence-corrected chi connectivity index (χ2v) is 4.80. The summed E-state index contributed by atoms with van der Waals surface area (Å²) in [7, 11) is 0. The lowest BCUT2D eigenvalue weighted by Gasteiger charge is -2.40. The Morgan fingerprint density at radius 2 is 2.24 bits per heavy atom. The standard InChI is InChI=1S/C14H21NO2/c1-11-6-7-14(10-15,17-9-8-16)13-5-3-2-4-12(11)13/h2-5,11,16H,6-10,15H2,1H3. The topological polar surface area (TPSA) is 55.5 Å². The molecule has 1 aromatic rings. The normalized spacial score (nSPS) is 27.8. The maximum atomic E-state index is 8.94. The average molecular weight is 235 g/mol. The molecule has 3 heteroatoms. The lowest BCUT2D eigenvalue weighted by Crippen LogP contribution is -2.42. The lowest BCUT2D eigenvalue weighted by molar-refractivity contribution is -0.0692.